The van der Waals surface area contributed by atoms with Gasteiger partial charge >= 0.3 is 0 Å². The zero-order valence-electron chi connectivity index (χ0n) is 12.1. The summed E-state index contributed by atoms with van der Waals surface area (Å²) in [6.07, 6.45) is 4.77. The Kier molecular flexibility index (Phi) is 4.53. The maximum Gasteiger partial charge on any atom is 0.137 e. The molecule has 1 unspecified atom stereocenters. The highest BCUT2D eigenvalue weighted by Gasteiger charge is 2.17. The SMILES string of the molecule is CCCNC(c1cncc(OC)c1)c1cc2sccc2s1. The fourth-order valence-corrected chi connectivity index (χ4v) is 4.53. The molecule has 0 amide bonds. The average Bonchev–Trinajstić information content (AvgIpc) is 3.09. The van der Waals surface area contributed by atoms with Crippen LogP contribution in [0.15, 0.2) is 36.0 Å². The second-order valence-electron chi connectivity index (χ2n) is 4.84. The Morgan fingerprint density at radius 1 is 1.29 bits per heavy atom. The first kappa shape index (κ1) is 14.5. The summed E-state index contributed by atoms with van der Waals surface area (Å²) < 4.78 is 8.02. The van der Waals surface area contributed by atoms with Crippen LogP contribution in [0.1, 0.15) is 29.8 Å². The predicted molar refractivity (Wildman–Crippen MR) is 90.6 cm³/mol. The number of aromatic nitrogens is 1. The molecule has 0 bridgehead atoms. The molecule has 0 spiro atoms. The number of nitrogens with one attached hydrogen (secondary N) is 1. The van der Waals surface area contributed by atoms with Gasteiger partial charge in [0.15, 0.2) is 0 Å². The molecule has 0 aliphatic carbocycles. The minimum absolute atomic E-state index is 0.178. The molecule has 0 aromatic carbocycles. The highest BCUT2D eigenvalue weighted by Crippen LogP contribution is 2.36. The number of pyridine rings is 1. The molecule has 1 N–H and O–H groups in total. The molecular weight excluding hydrogens is 300 g/mol. The average molecular weight is 318 g/mol. The van der Waals surface area contributed by atoms with Crippen molar-refractivity contribution in [1.82, 2.24) is 10.3 Å². The Balaban J connectivity index is 1.97. The number of fused-ring (bicyclic) bond motifs is 1. The highest BCUT2D eigenvalue weighted by molar-refractivity contribution is 7.27. The first-order chi connectivity index (χ1) is 10.3. The molecule has 0 saturated carbocycles. The van der Waals surface area contributed by atoms with Crippen molar-refractivity contribution < 1.29 is 4.74 Å². The smallest absolute Gasteiger partial charge is 0.137 e. The molecule has 1 atom stereocenters. The van der Waals surface area contributed by atoms with Gasteiger partial charge in [0.2, 0.25) is 0 Å². The van der Waals surface area contributed by atoms with Crippen LogP contribution in [-0.4, -0.2) is 18.6 Å². The van der Waals surface area contributed by atoms with E-state index in [4.69, 9.17) is 4.74 Å². The van der Waals surface area contributed by atoms with E-state index in [-0.39, 0.29) is 6.04 Å². The summed E-state index contributed by atoms with van der Waals surface area (Å²) in [5, 5.41) is 5.77. The predicted octanol–water partition coefficient (Wildman–Crippen LogP) is 4.46. The Labute approximate surface area is 132 Å². The van der Waals surface area contributed by atoms with E-state index < -0.39 is 0 Å². The lowest BCUT2D eigenvalue weighted by Crippen LogP contribution is -2.22. The van der Waals surface area contributed by atoms with Crippen LogP contribution in [0.5, 0.6) is 5.75 Å². The second kappa shape index (κ2) is 6.56. The van der Waals surface area contributed by atoms with Crippen molar-refractivity contribution in [2.24, 2.45) is 0 Å². The first-order valence-electron chi connectivity index (χ1n) is 7.01. The number of hydrogen-bond acceptors (Lipinski definition) is 5. The van der Waals surface area contributed by atoms with Gasteiger partial charge in [-0.1, -0.05) is 6.92 Å². The van der Waals surface area contributed by atoms with Gasteiger partial charge in [0.05, 0.1) is 19.3 Å². The molecule has 0 saturated heterocycles. The van der Waals surface area contributed by atoms with Gasteiger partial charge in [-0.25, -0.2) is 0 Å². The van der Waals surface area contributed by atoms with Crippen molar-refractivity contribution in [3.63, 3.8) is 0 Å². The molecule has 3 aromatic heterocycles. The van der Waals surface area contributed by atoms with Gasteiger partial charge in [-0.15, -0.1) is 22.7 Å². The van der Waals surface area contributed by atoms with Gasteiger partial charge in [0.1, 0.15) is 5.75 Å². The molecule has 0 aliphatic rings. The molecule has 110 valence electrons. The molecule has 21 heavy (non-hydrogen) atoms. The van der Waals surface area contributed by atoms with E-state index in [9.17, 15) is 0 Å². The molecule has 0 fully saturated rings. The van der Waals surface area contributed by atoms with E-state index in [0.717, 1.165) is 24.3 Å². The van der Waals surface area contributed by atoms with Crippen molar-refractivity contribution in [2.75, 3.05) is 13.7 Å². The van der Waals surface area contributed by atoms with Crippen LogP contribution in [0.4, 0.5) is 0 Å². The molecule has 3 nitrogen and oxygen atoms in total. The molecule has 3 rings (SSSR count). The summed E-state index contributed by atoms with van der Waals surface area (Å²) in [5.41, 5.74) is 1.15. The van der Waals surface area contributed by atoms with Crippen LogP contribution in [0.25, 0.3) is 9.40 Å². The normalized spacial score (nSPS) is 12.7. The summed E-state index contributed by atoms with van der Waals surface area (Å²) in [4.78, 5) is 5.63. The molecule has 3 heterocycles. The topological polar surface area (TPSA) is 34.2 Å². The molecule has 5 heteroatoms. The van der Waals surface area contributed by atoms with Crippen LogP contribution < -0.4 is 10.1 Å². The minimum Gasteiger partial charge on any atom is -0.495 e. The quantitative estimate of drug-likeness (QED) is 0.729. The molecular formula is C16H18N2OS2. The van der Waals surface area contributed by atoms with Crippen molar-refractivity contribution >= 4 is 32.1 Å². The number of rotatable bonds is 6. The number of ether oxygens (including phenoxy) is 1. The van der Waals surface area contributed by atoms with Gasteiger partial charge in [0.25, 0.3) is 0 Å². The van der Waals surface area contributed by atoms with Gasteiger partial charge in [0, 0.05) is 20.5 Å². The standard InChI is InChI=1S/C16H18N2OS2/c1-3-5-18-16(11-7-12(19-2)10-17-9-11)15-8-14-13(21-15)4-6-20-14/h4,6-10,16,18H,3,5H2,1-2H3. The fraction of sp³-hybridized carbons (Fsp3) is 0.312. The summed E-state index contributed by atoms with van der Waals surface area (Å²) in [7, 11) is 1.68. The number of nitrogens with zero attached hydrogens (tertiary/aromatic N) is 1. The van der Waals surface area contributed by atoms with Crippen molar-refractivity contribution in [2.45, 2.75) is 19.4 Å². The molecule has 0 aliphatic heterocycles. The minimum atomic E-state index is 0.178. The Morgan fingerprint density at radius 2 is 2.19 bits per heavy atom. The molecule has 0 radical (unpaired) electrons. The summed E-state index contributed by atoms with van der Waals surface area (Å²) in [5.74, 6) is 0.800. The van der Waals surface area contributed by atoms with Crippen LogP contribution in [0, 0.1) is 0 Å². The lowest BCUT2D eigenvalue weighted by atomic mass is 10.1. The third-order valence-corrected chi connectivity index (χ3v) is 5.50. The highest BCUT2D eigenvalue weighted by atomic mass is 32.1. The first-order valence-corrected chi connectivity index (χ1v) is 8.70. The zero-order valence-corrected chi connectivity index (χ0v) is 13.8. The maximum atomic E-state index is 5.30. The third-order valence-electron chi connectivity index (χ3n) is 3.34. The van der Waals surface area contributed by atoms with Gasteiger partial charge < -0.3 is 10.1 Å². The van der Waals surface area contributed by atoms with Gasteiger partial charge in [-0.05, 0) is 42.1 Å². The number of hydrogen-bond donors (Lipinski definition) is 1. The molecule has 3 aromatic rings. The van der Waals surface area contributed by atoms with E-state index in [1.165, 1.54) is 14.3 Å². The number of methoxy groups -OCH3 is 1. The van der Waals surface area contributed by atoms with Crippen molar-refractivity contribution in [3.05, 3.63) is 46.4 Å². The lowest BCUT2D eigenvalue weighted by Gasteiger charge is -2.17. The number of thiophene rings is 2. The fourth-order valence-electron chi connectivity index (χ4n) is 2.30. The van der Waals surface area contributed by atoms with Crippen LogP contribution >= 0.6 is 22.7 Å². The van der Waals surface area contributed by atoms with E-state index in [1.54, 1.807) is 24.6 Å². The largest absolute Gasteiger partial charge is 0.495 e. The maximum absolute atomic E-state index is 5.30. The summed E-state index contributed by atoms with van der Waals surface area (Å²) in [6.45, 7) is 3.16. The Morgan fingerprint density at radius 3 is 2.95 bits per heavy atom. The second-order valence-corrected chi connectivity index (χ2v) is 6.91. The third kappa shape index (κ3) is 3.10. The van der Waals surface area contributed by atoms with Gasteiger partial charge in [-0.3, -0.25) is 4.98 Å². The summed E-state index contributed by atoms with van der Waals surface area (Å²) >= 11 is 3.64. The lowest BCUT2D eigenvalue weighted by molar-refractivity contribution is 0.411. The van der Waals surface area contributed by atoms with Crippen molar-refractivity contribution in [1.29, 1.82) is 0 Å². The van der Waals surface area contributed by atoms with E-state index in [2.05, 4.69) is 40.8 Å². The van der Waals surface area contributed by atoms with Gasteiger partial charge in [-0.2, -0.15) is 0 Å². The van der Waals surface area contributed by atoms with E-state index in [1.807, 2.05) is 17.5 Å². The summed E-state index contributed by atoms with van der Waals surface area (Å²) in [6, 6.07) is 6.72. The zero-order chi connectivity index (χ0) is 14.7. The van der Waals surface area contributed by atoms with Crippen LogP contribution in [0.2, 0.25) is 0 Å². The van der Waals surface area contributed by atoms with Crippen molar-refractivity contribution in [3.8, 4) is 5.75 Å². The van der Waals surface area contributed by atoms with E-state index >= 15 is 0 Å². The van der Waals surface area contributed by atoms with Crippen LogP contribution in [0.3, 0.4) is 0 Å². The Bertz CT molecular complexity index is 691. The van der Waals surface area contributed by atoms with E-state index in [0.29, 0.717) is 0 Å². The monoisotopic (exact) mass is 318 g/mol. The van der Waals surface area contributed by atoms with Crippen LogP contribution in [-0.2, 0) is 0 Å². The Hall–Kier alpha value is -1.43.